The SMILES string of the molecule is O=c1c(Cl)c(NCc2ccc(N3CCCCCC3)nc2)cnn1-c1ccc(C(F)(F)F)cn1. The van der Waals surface area contributed by atoms with Gasteiger partial charge < -0.3 is 10.2 Å². The molecule has 1 aliphatic rings. The highest BCUT2D eigenvalue weighted by atomic mass is 35.5. The van der Waals surface area contributed by atoms with Gasteiger partial charge in [-0.25, -0.2) is 9.97 Å². The van der Waals surface area contributed by atoms with E-state index in [1.165, 1.54) is 31.9 Å². The number of hydrogen-bond acceptors (Lipinski definition) is 6. The van der Waals surface area contributed by atoms with E-state index in [0.717, 1.165) is 41.3 Å². The Bertz CT molecular complexity index is 1140. The van der Waals surface area contributed by atoms with Crippen molar-refractivity contribution < 1.29 is 13.2 Å². The second kappa shape index (κ2) is 9.78. The fourth-order valence-corrected chi connectivity index (χ4v) is 3.80. The van der Waals surface area contributed by atoms with Crippen LogP contribution in [0.15, 0.2) is 47.7 Å². The fourth-order valence-electron chi connectivity index (χ4n) is 3.60. The van der Waals surface area contributed by atoms with Gasteiger partial charge in [-0.2, -0.15) is 23.0 Å². The van der Waals surface area contributed by atoms with Crippen LogP contribution in [0.5, 0.6) is 0 Å². The van der Waals surface area contributed by atoms with E-state index in [1.54, 1.807) is 6.20 Å². The van der Waals surface area contributed by atoms with Crippen molar-refractivity contribution in [1.29, 1.82) is 0 Å². The predicted octanol–water partition coefficient (Wildman–Crippen LogP) is 4.69. The summed E-state index contributed by atoms with van der Waals surface area (Å²) in [6.45, 7) is 2.39. The summed E-state index contributed by atoms with van der Waals surface area (Å²) in [6.07, 6.45) is 4.08. The molecule has 0 radical (unpaired) electrons. The number of nitrogens with zero attached hydrogens (tertiary/aromatic N) is 5. The van der Waals surface area contributed by atoms with Crippen LogP contribution in [0.3, 0.4) is 0 Å². The van der Waals surface area contributed by atoms with E-state index in [2.05, 4.69) is 25.3 Å². The summed E-state index contributed by atoms with van der Waals surface area (Å²) >= 11 is 6.19. The molecule has 7 nitrogen and oxygen atoms in total. The molecular formula is C22H22ClF3N6O. The van der Waals surface area contributed by atoms with Gasteiger partial charge >= 0.3 is 6.18 Å². The van der Waals surface area contributed by atoms with Crippen LogP contribution in [0, 0.1) is 0 Å². The van der Waals surface area contributed by atoms with E-state index < -0.39 is 17.3 Å². The minimum absolute atomic E-state index is 0.0604. The molecule has 1 fully saturated rings. The molecule has 0 aliphatic carbocycles. The van der Waals surface area contributed by atoms with Gasteiger partial charge in [0, 0.05) is 32.0 Å². The Labute approximate surface area is 193 Å². The molecule has 3 aromatic rings. The lowest BCUT2D eigenvalue weighted by Crippen LogP contribution is -2.25. The Kier molecular flexibility index (Phi) is 6.83. The Morgan fingerprint density at radius 1 is 0.939 bits per heavy atom. The highest BCUT2D eigenvalue weighted by Gasteiger charge is 2.30. The van der Waals surface area contributed by atoms with Gasteiger partial charge in [0.15, 0.2) is 5.82 Å². The number of hydrogen-bond donors (Lipinski definition) is 1. The van der Waals surface area contributed by atoms with Crippen molar-refractivity contribution in [2.45, 2.75) is 38.4 Å². The lowest BCUT2D eigenvalue weighted by molar-refractivity contribution is -0.137. The summed E-state index contributed by atoms with van der Waals surface area (Å²) in [5.41, 5.74) is -0.401. The average molecular weight is 479 g/mol. The Hall–Kier alpha value is -3.14. The van der Waals surface area contributed by atoms with Gasteiger partial charge in [-0.3, -0.25) is 4.79 Å². The van der Waals surface area contributed by atoms with E-state index in [0.29, 0.717) is 18.4 Å². The maximum Gasteiger partial charge on any atom is 0.417 e. The van der Waals surface area contributed by atoms with Crippen LogP contribution in [-0.4, -0.2) is 32.8 Å². The van der Waals surface area contributed by atoms with Crippen molar-refractivity contribution in [3.8, 4) is 5.82 Å². The van der Waals surface area contributed by atoms with Gasteiger partial charge in [-0.15, -0.1) is 0 Å². The van der Waals surface area contributed by atoms with Crippen molar-refractivity contribution in [2.24, 2.45) is 0 Å². The molecule has 1 aliphatic heterocycles. The van der Waals surface area contributed by atoms with Crippen molar-refractivity contribution >= 4 is 23.1 Å². The average Bonchev–Trinajstić information content (AvgIpc) is 3.10. The van der Waals surface area contributed by atoms with Gasteiger partial charge in [-0.05, 0) is 36.6 Å². The molecular weight excluding hydrogens is 457 g/mol. The summed E-state index contributed by atoms with van der Waals surface area (Å²) in [4.78, 5) is 23.1. The monoisotopic (exact) mass is 478 g/mol. The number of halogens is 4. The van der Waals surface area contributed by atoms with E-state index in [-0.39, 0.29) is 10.8 Å². The van der Waals surface area contributed by atoms with Gasteiger partial charge in [0.25, 0.3) is 5.56 Å². The second-order valence-electron chi connectivity index (χ2n) is 7.77. The molecule has 0 saturated carbocycles. The fraction of sp³-hybridized carbons (Fsp3) is 0.364. The minimum Gasteiger partial charge on any atom is -0.378 e. The zero-order chi connectivity index (χ0) is 23.4. The molecule has 0 bridgehead atoms. The molecule has 33 heavy (non-hydrogen) atoms. The molecule has 4 heterocycles. The van der Waals surface area contributed by atoms with Crippen molar-refractivity contribution in [1.82, 2.24) is 19.7 Å². The summed E-state index contributed by atoms with van der Waals surface area (Å²) in [5.74, 6) is 0.890. The Balaban J connectivity index is 1.44. The first-order chi connectivity index (χ1) is 15.8. The lowest BCUT2D eigenvalue weighted by atomic mass is 10.2. The molecule has 0 spiro atoms. The summed E-state index contributed by atoms with van der Waals surface area (Å²) in [5, 5.41) is 6.91. The molecule has 174 valence electrons. The molecule has 0 unspecified atom stereocenters. The van der Waals surface area contributed by atoms with Crippen LogP contribution in [0.25, 0.3) is 5.82 Å². The van der Waals surface area contributed by atoms with Crippen LogP contribution in [0.1, 0.15) is 36.8 Å². The van der Waals surface area contributed by atoms with Crippen LogP contribution in [-0.2, 0) is 12.7 Å². The maximum atomic E-state index is 12.7. The molecule has 0 aromatic carbocycles. The third-order valence-corrected chi connectivity index (χ3v) is 5.80. The predicted molar refractivity (Wildman–Crippen MR) is 120 cm³/mol. The number of rotatable bonds is 5. The number of nitrogens with one attached hydrogen (secondary N) is 1. The van der Waals surface area contributed by atoms with Crippen LogP contribution in [0.2, 0.25) is 5.02 Å². The van der Waals surface area contributed by atoms with Gasteiger partial charge in [0.1, 0.15) is 10.8 Å². The largest absolute Gasteiger partial charge is 0.417 e. The maximum absolute atomic E-state index is 12.7. The van der Waals surface area contributed by atoms with Crippen molar-refractivity contribution in [3.05, 3.63) is 69.4 Å². The summed E-state index contributed by atoms with van der Waals surface area (Å²) in [6, 6.07) is 5.85. The van der Waals surface area contributed by atoms with E-state index >= 15 is 0 Å². The van der Waals surface area contributed by atoms with E-state index in [1.807, 2.05) is 12.1 Å². The first-order valence-electron chi connectivity index (χ1n) is 10.6. The summed E-state index contributed by atoms with van der Waals surface area (Å²) < 4.78 is 39.0. The van der Waals surface area contributed by atoms with Crippen molar-refractivity contribution in [3.63, 3.8) is 0 Å². The number of aromatic nitrogens is 4. The Morgan fingerprint density at radius 2 is 1.64 bits per heavy atom. The summed E-state index contributed by atoms with van der Waals surface area (Å²) in [7, 11) is 0. The second-order valence-corrected chi connectivity index (χ2v) is 8.15. The topological polar surface area (TPSA) is 75.9 Å². The normalized spacial score (nSPS) is 14.7. The van der Waals surface area contributed by atoms with Crippen LogP contribution in [0.4, 0.5) is 24.7 Å². The van der Waals surface area contributed by atoms with Crippen molar-refractivity contribution in [2.75, 3.05) is 23.3 Å². The molecule has 4 rings (SSSR count). The third-order valence-electron chi connectivity index (χ3n) is 5.43. The van der Waals surface area contributed by atoms with Crippen LogP contribution < -0.4 is 15.8 Å². The molecule has 3 aromatic heterocycles. The highest BCUT2D eigenvalue weighted by molar-refractivity contribution is 6.32. The van der Waals surface area contributed by atoms with E-state index in [9.17, 15) is 18.0 Å². The third kappa shape index (κ3) is 5.44. The quantitative estimate of drug-likeness (QED) is 0.573. The molecule has 0 atom stereocenters. The zero-order valence-electron chi connectivity index (χ0n) is 17.6. The number of alkyl halides is 3. The number of anilines is 2. The molecule has 1 N–H and O–H groups in total. The van der Waals surface area contributed by atoms with Gasteiger partial charge in [0.2, 0.25) is 0 Å². The first kappa shape index (κ1) is 23.0. The molecule has 1 saturated heterocycles. The standard InChI is InChI=1S/C22H22ClF3N6O/c23-20-17(14-30-32(21(20)33)19-8-6-16(13-29-19)22(24,25)26)27-11-15-5-7-18(28-12-15)31-9-3-1-2-4-10-31/h5-8,12-14,27H,1-4,9-11H2. The van der Waals surface area contributed by atoms with E-state index in [4.69, 9.17) is 11.6 Å². The zero-order valence-corrected chi connectivity index (χ0v) is 18.4. The van der Waals surface area contributed by atoms with Crippen LogP contribution >= 0.6 is 11.6 Å². The minimum atomic E-state index is -4.52. The highest BCUT2D eigenvalue weighted by Crippen LogP contribution is 2.28. The van der Waals surface area contributed by atoms with Gasteiger partial charge in [-0.1, -0.05) is 30.5 Å². The molecule has 0 amide bonds. The Morgan fingerprint density at radius 3 is 2.24 bits per heavy atom. The number of pyridine rings is 2. The molecule has 11 heteroatoms. The van der Waals surface area contributed by atoms with Gasteiger partial charge in [0.05, 0.1) is 17.4 Å². The lowest BCUT2D eigenvalue weighted by Gasteiger charge is -2.21. The smallest absolute Gasteiger partial charge is 0.378 e. The first-order valence-corrected chi connectivity index (χ1v) is 11.0.